The van der Waals surface area contributed by atoms with Gasteiger partial charge < -0.3 is 4.57 Å². The molecule has 1 aliphatic heterocycles. The summed E-state index contributed by atoms with van der Waals surface area (Å²) in [6.07, 6.45) is 7.20. The number of hydrogen-bond donors (Lipinski definition) is 0. The summed E-state index contributed by atoms with van der Waals surface area (Å²) in [5.74, 6) is 1.98. The first-order valence-electron chi connectivity index (χ1n) is 5.37. The number of rotatable bonds is 2. The maximum atomic E-state index is 4.68. The zero-order valence-corrected chi connectivity index (χ0v) is 8.58. The average Bonchev–Trinajstić information content (AvgIpc) is 2.49. The standard InChI is InChI=1S/C11H18N2/c1-3-5-10-8-13-7-4-6-9(2)11(13)12-10/h8-9H,3-7H2,1-2H3. The Labute approximate surface area is 80.0 Å². The van der Waals surface area contributed by atoms with Crippen molar-refractivity contribution in [2.45, 2.75) is 52.0 Å². The van der Waals surface area contributed by atoms with Gasteiger partial charge in [0.15, 0.2) is 0 Å². The zero-order chi connectivity index (χ0) is 9.26. The minimum absolute atomic E-state index is 0.666. The van der Waals surface area contributed by atoms with Gasteiger partial charge in [-0.05, 0) is 19.3 Å². The molecule has 0 fully saturated rings. The van der Waals surface area contributed by atoms with E-state index in [1.807, 2.05) is 0 Å². The summed E-state index contributed by atoms with van der Waals surface area (Å²) in [6, 6.07) is 0. The second-order valence-corrected chi connectivity index (χ2v) is 4.08. The molecule has 1 aliphatic rings. The van der Waals surface area contributed by atoms with E-state index in [1.165, 1.54) is 37.3 Å². The lowest BCUT2D eigenvalue weighted by Crippen LogP contribution is -2.12. The van der Waals surface area contributed by atoms with Gasteiger partial charge in [0.05, 0.1) is 5.69 Å². The van der Waals surface area contributed by atoms with Crippen LogP contribution >= 0.6 is 0 Å². The van der Waals surface area contributed by atoms with Crippen LogP contribution in [0.4, 0.5) is 0 Å². The van der Waals surface area contributed by atoms with Crippen molar-refractivity contribution in [3.63, 3.8) is 0 Å². The van der Waals surface area contributed by atoms with Crippen LogP contribution in [-0.4, -0.2) is 9.55 Å². The fourth-order valence-corrected chi connectivity index (χ4v) is 2.13. The van der Waals surface area contributed by atoms with E-state index in [0.29, 0.717) is 5.92 Å². The predicted octanol–water partition coefficient (Wildman–Crippen LogP) is 2.73. The lowest BCUT2D eigenvalue weighted by molar-refractivity contribution is 0.463. The maximum absolute atomic E-state index is 4.68. The lowest BCUT2D eigenvalue weighted by atomic mass is 10.0. The quantitative estimate of drug-likeness (QED) is 0.681. The number of hydrogen-bond acceptors (Lipinski definition) is 1. The van der Waals surface area contributed by atoms with E-state index >= 15 is 0 Å². The molecule has 72 valence electrons. The largest absolute Gasteiger partial charge is 0.334 e. The molecule has 0 bridgehead atoms. The van der Waals surface area contributed by atoms with Gasteiger partial charge in [0, 0.05) is 18.7 Å². The molecule has 1 aromatic rings. The first kappa shape index (κ1) is 8.79. The SMILES string of the molecule is CCCc1cn2c(n1)C(C)CCC2. The Morgan fingerprint density at radius 3 is 3.15 bits per heavy atom. The van der Waals surface area contributed by atoms with E-state index in [-0.39, 0.29) is 0 Å². The van der Waals surface area contributed by atoms with E-state index in [1.54, 1.807) is 0 Å². The normalized spacial score (nSPS) is 21.5. The first-order valence-corrected chi connectivity index (χ1v) is 5.37. The van der Waals surface area contributed by atoms with E-state index < -0.39 is 0 Å². The molecule has 13 heavy (non-hydrogen) atoms. The van der Waals surface area contributed by atoms with Crippen molar-refractivity contribution in [3.05, 3.63) is 17.7 Å². The zero-order valence-electron chi connectivity index (χ0n) is 8.58. The van der Waals surface area contributed by atoms with Crippen LogP contribution in [-0.2, 0) is 13.0 Å². The second-order valence-electron chi connectivity index (χ2n) is 4.08. The Morgan fingerprint density at radius 2 is 2.46 bits per heavy atom. The summed E-state index contributed by atoms with van der Waals surface area (Å²) in [4.78, 5) is 4.68. The lowest BCUT2D eigenvalue weighted by Gasteiger charge is -2.19. The Morgan fingerprint density at radius 1 is 1.62 bits per heavy atom. The third kappa shape index (κ3) is 1.62. The number of nitrogens with zero attached hydrogens (tertiary/aromatic N) is 2. The Hall–Kier alpha value is -0.790. The van der Waals surface area contributed by atoms with Crippen molar-refractivity contribution in [2.24, 2.45) is 0 Å². The fourth-order valence-electron chi connectivity index (χ4n) is 2.13. The molecule has 1 aromatic heterocycles. The minimum atomic E-state index is 0.666. The fraction of sp³-hybridized carbons (Fsp3) is 0.727. The molecule has 0 amide bonds. The molecule has 0 radical (unpaired) electrons. The molecule has 2 rings (SSSR count). The number of aryl methyl sites for hydroxylation is 2. The van der Waals surface area contributed by atoms with Crippen molar-refractivity contribution in [2.75, 3.05) is 0 Å². The molecule has 0 aliphatic carbocycles. The van der Waals surface area contributed by atoms with Gasteiger partial charge in [-0.2, -0.15) is 0 Å². The van der Waals surface area contributed by atoms with Gasteiger partial charge in [-0.15, -0.1) is 0 Å². The van der Waals surface area contributed by atoms with Crippen LogP contribution in [0.2, 0.25) is 0 Å². The third-order valence-electron chi connectivity index (χ3n) is 2.84. The highest BCUT2D eigenvalue weighted by Crippen LogP contribution is 2.25. The first-order chi connectivity index (χ1) is 6.31. The van der Waals surface area contributed by atoms with Crippen molar-refractivity contribution < 1.29 is 0 Å². The molecule has 2 nitrogen and oxygen atoms in total. The van der Waals surface area contributed by atoms with Crippen LogP contribution in [0.5, 0.6) is 0 Å². The molecule has 0 saturated heterocycles. The van der Waals surface area contributed by atoms with E-state index in [9.17, 15) is 0 Å². The van der Waals surface area contributed by atoms with Crippen LogP contribution in [0.15, 0.2) is 6.20 Å². The highest BCUT2D eigenvalue weighted by Gasteiger charge is 2.18. The highest BCUT2D eigenvalue weighted by atomic mass is 15.1. The Kier molecular flexibility index (Phi) is 2.38. The molecule has 0 spiro atoms. The van der Waals surface area contributed by atoms with Crippen molar-refractivity contribution in [3.8, 4) is 0 Å². The number of fused-ring (bicyclic) bond motifs is 1. The Balaban J connectivity index is 2.25. The summed E-state index contributed by atoms with van der Waals surface area (Å²) >= 11 is 0. The molecule has 0 N–H and O–H groups in total. The summed E-state index contributed by atoms with van der Waals surface area (Å²) in [5, 5.41) is 0. The minimum Gasteiger partial charge on any atom is -0.334 e. The molecule has 2 heteroatoms. The van der Waals surface area contributed by atoms with Gasteiger partial charge in [0.25, 0.3) is 0 Å². The number of imidazole rings is 1. The molecule has 0 saturated carbocycles. The summed E-state index contributed by atoms with van der Waals surface area (Å²) < 4.78 is 2.35. The van der Waals surface area contributed by atoms with Gasteiger partial charge in [0.1, 0.15) is 5.82 Å². The molecule has 0 aromatic carbocycles. The van der Waals surface area contributed by atoms with Crippen molar-refractivity contribution in [1.82, 2.24) is 9.55 Å². The summed E-state index contributed by atoms with van der Waals surface area (Å²) in [6.45, 7) is 5.67. The van der Waals surface area contributed by atoms with Gasteiger partial charge in [-0.1, -0.05) is 20.3 Å². The molecular weight excluding hydrogens is 160 g/mol. The molecular formula is C11H18N2. The van der Waals surface area contributed by atoms with Crippen molar-refractivity contribution in [1.29, 1.82) is 0 Å². The maximum Gasteiger partial charge on any atom is 0.111 e. The third-order valence-corrected chi connectivity index (χ3v) is 2.84. The molecule has 1 atom stereocenters. The average molecular weight is 178 g/mol. The predicted molar refractivity (Wildman–Crippen MR) is 53.9 cm³/mol. The van der Waals surface area contributed by atoms with E-state index in [0.717, 1.165) is 6.42 Å². The van der Waals surface area contributed by atoms with Gasteiger partial charge in [-0.25, -0.2) is 4.98 Å². The van der Waals surface area contributed by atoms with E-state index in [2.05, 4.69) is 29.6 Å². The van der Waals surface area contributed by atoms with Gasteiger partial charge in [0.2, 0.25) is 0 Å². The summed E-state index contributed by atoms with van der Waals surface area (Å²) in [5.41, 5.74) is 1.28. The molecule has 2 heterocycles. The van der Waals surface area contributed by atoms with Crippen LogP contribution < -0.4 is 0 Å². The summed E-state index contributed by atoms with van der Waals surface area (Å²) in [7, 11) is 0. The van der Waals surface area contributed by atoms with Crippen LogP contribution in [0.25, 0.3) is 0 Å². The van der Waals surface area contributed by atoms with Gasteiger partial charge >= 0.3 is 0 Å². The van der Waals surface area contributed by atoms with E-state index in [4.69, 9.17) is 0 Å². The smallest absolute Gasteiger partial charge is 0.111 e. The highest BCUT2D eigenvalue weighted by molar-refractivity contribution is 5.09. The van der Waals surface area contributed by atoms with Crippen molar-refractivity contribution >= 4 is 0 Å². The Bertz CT molecular complexity index is 288. The van der Waals surface area contributed by atoms with Crippen LogP contribution in [0.3, 0.4) is 0 Å². The van der Waals surface area contributed by atoms with Gasteiger partial charge in [-0.3, -0.25) is 0 Å². The molecule has 1 unspecified atom stereocenters. The second kappa shape index (κ2) is 3.52. The topological polar surface area (TPSA) is 17.8 Å². The monoisotopic (exact) mass is 178 g/mol. The number of aromatic nitrogens is 2. The van der Waals surface area contributed by atoms with Crippen LogP contribution in [0, 0.1) is 0 Å². The van der Waals surface area contributed by atoms with Crippen LogP contribution in [0.1, 0.15) is 50.5 Å².